The van der Waals surface area contributed by atoms with Gasteiger partial charge in [0.1, 0.15) is 14.9 Å². The van der Waals surface area contributed by atoms with Crippen LogP contribution in [0.5, 0.6) is 0 Å². The van der Waals surface area contributed by atoms with Gasteiger partial charge in [0.05, 0.1) is 24.7 Å². The molecule has 0 aromatic carbocycles. The van der Waals surface area contributed by atoms with Crippen LogP contribution >= 0.6 is 0 Å². The topological polar surface area (TPSA) is 69.9 Å². The van der Waals surface area contributed by atoms with E-state index in [0.717, 1.165) is 0 Å². The summed E-state index contributed by atoms with van der Waals surface area (Å²) in [5.41, 5.74) is 0. The highest BCUT2D eigenvalue weighted by atomic mass is 16.5. The molecule has 0 aromatic rings. The van der Waals surface area contributed by atoms with E-state index in [9.17, 15) is 10.2 Å². The zero-order chi connectivity index (χ0) is 12.1. The standard InChI is InChI=1S/C10H12O4/c1-3-6-8(5-11)14-7(4-2)10(13)9(6)12/h1-2,6-13H,5H2/t6-,7?,8-,9+,10+/m1/s1/i1D,2D. The van der Waals surface area contributed by atoms with Crippen molar-refractivity contribution in [2.24, 2.45) is 5.92 Å². The van der Waals surface area contributed by atoms with Crippen molar-refractivity contribution in [2.45, 2.75) is 24.4 Å². The first kappa shape index (κ1) is 8.28. The molecule has 5 atom stereocenters. The number of terminal acetylenes is 2. The highest BCUT2D eigenvalue weighted by molar-refractivity contribution is 5.12. The van der Waals surface area contributed by atoms with E-state index >= 15 is 0 Å². The van der Waals surface area contributed by atoms with Gasteiger partial charge < -0.3 is 20.1 Å². The minimum atomic E-state index is -1.30. The quantitative estimate of drug-likeness (QED) is 0.442. The SMILES string of the molecule is [2H]C#CC1O[C@H](CO)[C@@H](C#C[2H])[C@H](O)[C@H]1O. The molecule has 0 aliphatic carbocycles. The summed E-state index contributed by atoms with van der Waals surface area (Å²) < 4.78 is 18.6. The van der Waals surface area contributed by atoms with Crippen LogP contribution in [0.3, 0.4) is 0 Å². The summed E-state index contributed by atoms with van der Waals surface area (Å²) in [5.74, 6) is 3.79. The first-order valence-electron chi connectivity index (χ1n) is 5.12. The Labute approximate surface area is 85.3 Å². The molecule has 0 radical (unpaired) electrons. The van der Waals surface area contributed by atoms with Gasteiger partial charge in [-0.2, -0.15) is 0 Å². The molecule has 0 saturated carbocycles. The Morgan fingerprint density at radius 2 is 2.00 bits per heavy atom. The zero-order valence-electron chi connectivity index (χ0n) is 9.34. The Morgan fingerprint density at radius 3 is 2.57 bits per heavy atom. The molecular weight excluding hydrogens is 184 g/mol. The van der Waals surface area contributed by atoms with Gasteiger partial charge in [-0.3, -0.25) is 0 Å². The Morgan fingerprint density at radius 1 is 1.29 bits per heavy atom. The van der Waals surface area contributed by atoms with Crippen molar-refractivity contribution >= 4 is 0 Å². The maximum atomic E-state index is 9.71. The van der Waals surface area contributed by atoms with E-state index in [1.54, 1.807) is 0 Å². The molecule has 1 fully saturated rings. The van der Waals surface area contributed by atoms with Gasteiger partial charge in [-0.25, -0.2) is 0 Å². The maximum Gasteiger partial charge on any atom is 0.146 e. The average Bonchev–Trinajstić information content (AvgIpc) is 2.29. The summed E-state index contributed by atoms with van der Waals surface area (Å²) >= 11 is 0. The molecule has 1 heterocycles. The van der Waals surface area contributed by atoms with Crippen LogP contribution in [0.15, 0.2) is 0 Å². The van der Waals surface area contributed by atoms with E-state index in [1.807, 2.05) is 12.8 Å². The Balaban J connectivity index is 2.90. The van der Waals surface area contributed by atoms with Gasteiger partial charge >= 0.3 is 0 Å². The predicted molar refractivity (Wildman–Crippen MR) is 48.9 cm³/mol. The van der Waals surface area contributed by atoms with Crippen molar-refractivity contribution in [3.63, 3.8) is 0 Å². The second kappa shape index (κ2) is 4.45. The maximum absolute atomic E-state index is 9.71. The summed E-state index contributed by atoms with van der Waals surface area (Å²) in [5, 5.41) is 28.4. The number of rotatable bonds is 1. The van der Waals surface area contributed by atoms with Crippen LogP contribution in [-0.2, 0) is 4.74 Å². The van der Waals surface area contributed by atoms with Crippen LogP contribution in [0.1, 0.15) is 2.74 Å². The molecule has 1 unspecified atom stereocenters. The average molecular weight is 198 g/mol. The lowest BCUT2D eigenvalue weighted by atomic mass is 9.87. The van der Waals surface area contributed by atoms with E-state index < -0.39 is 36.9 Å². The lowest BCUT2D eigenvalue weighted by Gasteiger charge is -2.38. The van der Waals surface area contributed by atoms with Crippen molar-refractivity contribution < 1.29 is 22.8 Å². The molecule has 0 spiro atoms. The first-order chi connectivity index (χ1) is 7.65. The number of aliphatic hydroxyl groups is 3. The van der Waals surface area contributed by atoms with E-state index in [2.05, 4.69) is 11.8 Å². The Hall–Kier alpha value is -1.04. The molecule has 0 bridgehead atoms. The van der Waals surface area contributed by atoms with E-state index in [0.29, 0.717) is 0 Å². The minimum absolute atomic E-state index is 0.403. The lowest BCUT2D eigenvalue weighted by Crippen LogP contribution is -2.54. The van der Waals surface area contributed by atoms with Crippen molar-refractivity contribution in [2.75, 3.05) is 6.61 Å². The summed E-state index contributed by atoms with van der Waals surface area (Å²) in [4.78, 5) is 0. The third-order valence-corrected chi connectivity index (χ3v) is 2.24. The third kappa shape index (κ3) is 1.75. The normalized spacial score (nSPS) is 43.5. The molecule has 3 N–H and O–H groups in total. The highest BCUT2D eigenvalue weighted by Crippen LogP contribution is 2.25. The fraction of sp³-hybridized carbons (Fsp3) is 0.600. The third-order valence-electron chi connectivity index (χ3n) is 2.24. The largest absolute Gasteiger partial charge is 0.394 e. The molecule has 1 saturated heterocycles. The molecule has 0 amide bonds. The molecule has 1 rings (SSSR count). The summed E-state index contributed by atoms with van der Waals surface area (Å²) in [6, 6.07) is 0. The Bertz CT molecular complexity index is 349. The van der Waals surface area contributed by atoms with Crippen LogP contribution in [0.4, 0.5) is 0 Å². The van der Waals surface area contributed by atoms with Crippen molar-refractivity contribution in [3.8, 4) is 24.6 Å². The molecule has 4 heteroatoms. The molecular formula is C10H12O4. The summed E-state index contributed by atoms with van der Waals surface area (Å²) in [6.07, 6.45) is -0.699. The summed E-state index contributed by atoms with van der Waals surface area (Å²) in [7, 11) is 0. The van der Waals surface area contributed by atoms with E-state index in [1.165, 1.54) is 0 Å². The van der Waals surface area contributed by atoms with Gasteiger partial charge in [-0.1, -0.05) is 11.8 Å². The van der Waals surface area contributed by atoms with Crippen LogP contribution in [0.2, 0.25) is 0 Å². The monoisotopic (exact) mass is 198 g/mol. The lowest BCUT2D eigenvalue weighted by molar-refractivity contribution is -0.177. The van der Waals surface area contributed by atoms with Crippen LogP contribution < -0.4 is 0 Å². The van der Waals surface area contributed by atoms with Crippen molar-refractivity contribution in [1.82, 2.24) is 0 Å². The van der Waals surface area contributed by atoms with Crippen LogP contribution in [0.25, 0.3) is 0 Å². The molecule has 4 nitrogen and oxygen atoms in total. The van der Waals surface area contributed by atoms with Gasteiger partial charge in [0.2, 0.25) is 0 Å². The molecule has 0 aromatic heterocycles. The van der Waals surface area contributed by atoms with Crippen LogP contribution in [0, 0.1) is 30.6 Å². The zero-order valence-corrected chi connectivity index (χ0v) is 7.34. The minimum Gasteiger partial charge on any atom is -0.394 e. The van der Waals surface area contributed by atoms with Gasteiger partial charge in [-0.05, 0) is 0 Å². The number of ether oxygens (including phenoxy) is 1. The second-order valence-electron chi connectivity index (χ2n) is 3.07. The number of hydrogen-bond acceptors (Lipinski definition) is 4. The molecule has 1 aliphatic heterocycles. The predicted octanol–water partition coefficient (Wildman–Crippen LogP) is -1.65. The number of aliphatic hydroxyl groups excluding tert-OH is 3. The van der Waals surface area contributed by atoms with Gasteiger partial charge in [0, 0.05) is 0 Å². The molecule has 14 heavy (non-hydrogen) atoms. The van der Waals surface area contributed by atoms with E-state index in [4.69, 9.17) is 12.6 Å². The fourth-order valence-corrected chi connectivity index (χ4v) is 1.42. The van der Waals surface area contributed by atoms with Crippen molar-refractivity contribution in [1.29, 1.82) is 0 Å². The van der Waals surface area contributed by atoms with Gasteiger partial charge in [0.15, 0.2) is 0 Å². The number of hydrogen-bond donors (Lipinski definition) is 3. The smallest absolute Gasteiger partial charge is 0.146 e. The van der Waals surface area contributed by atoms with Gasteiger partial charge in [0.25, 0.3) is 0 Å². The first-order valence-corrected chi connectivity index (χ1v) is 4.12. The fourth-order valence-electron chi connectivity index (χ4n) is 1.42. The van der Waals surface area contributed by atoms with E-state index in [-0.39, 0.29) is 0 Å². The van der Waals surface area contributed by atoms with Gasteiger partial charge in [-0.15, -0.1) is 12.8 Å². The second-order valence-corrected chi connectivity index (χ2v) is 3.07. The highest BCUT2D eigenvalue weighted by Gasteiger charge is 2.42. The Kier molecular flexibility index (Phi) is 2.64. The molecule has 1 aliphatic rings. The molecule has 76 valence electrons. The van der Waals surface area contributed by atoms with Crippen LogP contribution in [-0.4, -0.2) is 46.3 Å². The summed E-state index contributed by atoms with van der Waals surface area (Å²) in [6.45, 7) is -0.403. The van der Waals surface area contributed by atoms with Crippen molar-refractivity contribution in [3.05, 3.63) is 0 Å².